The second-order valence-corrected chi connectivity index (χ2v) is 8.85. The Balaban J connectivity index is 1.94. The van der Waals surface area contributed by atoms with E-state index in [0.29, 0.717) is 27.9 Å². The zero-order valence-electron chi connectivity index (χ0n) is 12.2. The van der Waals surface area contributed by atoms with Crippen LogP contribution in [0.3, 0.4) is 0 Å². The van der Waals surface area contributed by atoms with Crippen molar-refractivity contribution in [2.75, 3.05) is 11.2 Å². The molecule has 0 fully saturated rings. The number of aryl methyl sites for hydroxylation is 1. The first-order valence-corrected chi connectivity index (χ1v) is 10.1. The van der Waals surface area contributed by atoms with Crippen molar-refractivity contribution in [1.82, 2.24) is 0 Å². The van der Waals surface area contributed by atoms with E-state index >= 15 is 0 Å². The Morgan fingerprint density at radius 3 is 2.43 bits per heavy atom. The van der Waals surface area contributed by atoms with Gasteiger partial charge in [-0.15, -0.1) is 0 Å². The molecule has 0 N–H and O–H groups in total. The van der Waals surface area contributed by atoms with Crippen LogP contribution in [-0.2, 0) is 9.09 Å². The van der Waals surface area contributed by atoms with Gasteiger partial charge in [0, 0.05) is 27.5 Å². The standard InChI is InChI=1S/C16H13Cl3NO2P/c1-11-2-5-13(6-3-11)20-9-8-16(22-23(20,19)21)14-7-4-12(17)10-15(14)18/h2-8,10H,9H2,1H3. The van der Waals surface area contributed by atoms with E-state index < -0.39 is 6.87 Å². The van der Waals surface area contributed by atoms with Crippen LogP contribution in [0.15, 0.2) is 48.5 Å². The van der Waals surface area contributed by atoms with E-state index in [0.717, 1.165) is 11.3 Å². The fourth-order valence-corrected chi connectivity index (χ4v) is 4.65. The van der Waals surface area contributed by atoms with Gasteiger partial charge in [0.25, 0.3) is 0 Å². The summed E-state index contributed by atoms with van der Waals surface area (Å²) in [6, 6.07) is 12.6. The minimum atomic E-state index is -3.54. The third-order valence-electron chi connectivity index (χ3n) is 3.48. The highest BCUT2D eigenvalue weighted by Crippen LogP contribution is 2.62. The third-order valence-corrected chi connectivity index (χ3v) is 6.17. The summed E-state index contributed by atoms with van der Waals surface area (Å²) in [7, 11) is 0. The van der Waals surface area contributed by atoms with Crippen molar-refractivity contribution in [3.8, 4) is 0 Å². The molecule has 1 atom stereocenters. The summed E-state index contributed by atoms with van der Waals surface area (Å²) < 4.78 is 19.9. The Morgan fingerprint density at radius 2 is 1.83 bits per heavy atom. The van der Waals surface area contributed by atoms with Crippen LogP contribution in [0.4, 0.5) is 5.69 Å². The summed E-state index contributed by atoms with van der Waals surface area (Å²) in [4.78, 5) is 0. The molecule has 2 aromatic rings. The van der Waals surface area contributed by atoms with E-state index in [1.807, 2.05) is 31.2 Å². The summed E-state index contributed by atoms with van der Waals surface area (Å²) in [6.07, 6.45) is 1.80. The first-order valence-electron chi connectivity index (χ1n) is 6.86. The van der Waals surface area contributed by atoms with Crippen LogP contribution in [0, 0.1) is 6.92 Å². The number of benzene rings is 2. The smallest absolute Gasteiger partial charge is 0.418 e. The van der Waals surface area contributed by atoms with E-state index in [4.69, 9.17) is 39.0 Å². The molecule has 3 nitrogen and oxygen atoms in total. The molecular weight excluding hydrogens is 376 g/mol. The summed E-state index contributed by atoms with van der Waals surface area (Å²) in [6.45, 7) is -1.20. The van der Waals surface area contributed by atoms with Gasteiger partial charge in [0.1, 0.15) is 5.76 Å². The van der Waals surface area contributed by atoms with Crippen LogP contribution in [0.5, 0.6) is 0 Å². The molecule has 7 heteroatoms. The number of hydrogen-bond donors (Lipinski definition) is 0. The molecule has 0 aromatic heterocycles. The van der Waals surface area contributed by atoms with Gasteiger partial charge in [0.2, 0.25) is 0 Å². The molecule has 1 heterocycles. The van der Waals surface area contributed by atoms with E-state index in [-0.39, 0.29) is 0 Å². The Hall–Kier alpha value is -1.12. The largest absolute Gasteiger partial charge is 0.438 e. The molecule has 0 aliphatic carbocycles. The van der Waals surface area contributed by atoms with Crippen LogP contribution in [-0.4, -0.2) is 6.54 Å². The molecular formula is C16H13Cl3NO2P. The van der Waals surface area contributed by atoms with Crippen molar-refractivity contribution in [2.24, 2.45) is 0 Å². The predicted molar refractivity (Wildman–Crippen MR) is 97.5 cm³/mol. The van der Waals surface area contributed by atoms with Crippen LogP contribution >= 0.6 is 41.3 Å². The third kappa shape index (κ3) is 3.54. The van der Waals surface area contributed by atoms with Crippen LogP contribution < -0.4 is 4.67 Å². The molecule has 0 radical (unpaired) electrons. The normalized spacial score (nSPS) is 20.9. The zero-order valence-corrected chi connectivity index (χ0v) is 15.3. The monoisotopic (exact) mass is 387 g/mol. The molecule has 23 heavy (non-hydrogen) atoms. The number of nitrogens with zero attached hydrogens (tertiary/aromatic N) is 1. The fraction of sp³-hybridized carbons (Fsp3) is 0.125. The van der Waals surface area contributed by atoms with Gasteiger partial charge in [-0.05, 0) is 43.3 Å². The molecule has 1 aliphatic heterocycles. The van der Waals surface area contributed by atoms with E-state index in [1.54, 1.807) is 28.9 Å². The Labute approximate surface area is 149 Å². The molecule has 2 aromatic carbocycles. The van der Waals surface area contributed by atoms with Gasteiger partial charge >= 0.3 is 6.87 Å². The second-order valence-electron chi connectivity index (χ2n) is 5.15. The highest BCUT2D eigenvalue weighted by molar-refractivity contribution is 7.86. The first kappa shape index (κ1) is 16.7. The molecule has 120 valence electrons. The zero-order chi connectivity index (χ0) is 16.6. The number of anilines is 1. The van der Waals surface area contributed by atoms with Gasteiger partial charge in [-0.2, -0.15) is 0 Å². The maximum absolute atomic E-state index is 12.8. The van der Waals surface area contributed by atoms with Crippen molar-refractivity contribution in [1.29, 1.82) is 0 Å². The van der Waals surface area contributed by atoms with Crippen molar-refractivity contribution in [3.05, 3.63) is 69.7 Å². The lowest BCUT2D eigenvalue weighted by molar-refractivity contribution is 0.466. The molecule has 0 spiro atoms. The average molecular weight is 389 g/mol. The number of hydrogen-bond acceptors (Lipinski definition) is 2. The molecule has 3 rings (SSSR count). The van der Waals surface area contributed by atoms with Gasteiger partial charge in [0.05, 0.1) is 11.6 Å². The van der Waals surface area contributed by atoms with Gasteiger partial charge in [-0.25, -0.2) is 4.57 Å². The van der Waals surface area contributed by atoms with E-state index in [1.165, 1.54) is 0 Å². The highest BCUT2D eigenvalue weighted by Gasteiger charge is 2.35. The molecule has 1 aliphatic rings. The summed E-state index contributed by atoms with van der Waals surface area (Å²) in [5, 5.41) is 0.940. The van der Waals surface area contributed by atoms with Crippen molar-refractivity contribution < 1.29 is 9.09 Å². The van der Waals surface area contributed by atoms with Crippen LogP contribution in [0.1, 0.15) is 11.1 Å². The van der Waals surface area contributed by atoms with Crippen LogP contribution in [0.2, 0.25) is 10.0 Å². The SMILES string of the molecule is Cc1ccc(N2CC=C(c3ccc(Cl)cc3Cl)OP2(=O)Cl)cc1. The average Bonchev–Trinajstić information content (AvgIpc) is 2.47. The quantitative estimate of drug-likeness (QED) is 0.548. The van der Waals surface area contributed by atoms with Crippen molar-refractivity contribution in [2.45, 2.75) is 6.92 Å². The summed E-state index contributed by atoms with van der Waals surface area (Å²) in [5.41, 5.74) is 2.46. The molecule has 0 amide bonds. The minimum absolute atomic E-state index is 0.359. The van der Waals surface area contributed by atoms with Crippen molar-refractivity contribution in [3.63, 3.8) is 0 Å². The molecule has 0 saturated heterocycles. The Kier molecular flexibility index (Phi) is 4.66. The second kappa shape index (κ2) is 6.41. The molecule has 0 bridgehead atoms. The molecule has 0 saturated carbocycles. The predicted octanol–water partition coefficient (Wildman–Crippen LogP) is 6.53. The topological polar surface area (TPSA) is 29.5 Å². The van der Waals surface area contributed by atoms with Gasteiger partial charge < -0.3 is 4.52 Å². The Morgan fingerprint density at radius 1 is 1.13 bits per heavy atom. The van der Waals surface area contributed by atoms with Crippen LogP contribution in [0.25, 0.3) is 5.76 Å². The molecule has 1 unspecified atom stereocenters. The minimum Gasteiger partial charge on any atom is -0.418 e. The lowest BCUT2D eigenvalue weighted by Gasteiger charge is -2.32. The van der Waals surface area contributed by atoms with Gasteiger partial charge in [0.15, 0.2) is 0 Å². The van der Waals surface area contributed by atoms with E-state index in [2.05, 4.69) is 0 Å². The highest BCUT2D eigenvalue weighted by atomic mass is 35.7. The van der Waals surface area contributed by atoms with Gasteiger partial charge in [-0.3, -0.25) is 4.67 Å². The lowest BCUT2D eigenvalue weighted by atomic mass is 10.2. The van der Waals surface area contributed by atoms with Gasteiger partial charge in [-0.1, -0.05) is 40.9 Å². The number of halogens is 3. The van der Waals surface area contributed by atoms with Crippen molar-refractivity contribution >= 4 is 52.8 Å². The maximum atomic E-state index is 12.8. The fourth-order valence-electron chi connectivity index (χ4n) is 2.28. The first-order chi connectivity index (χ1) is 10.9. The summed E-state index contributed by atoms with van der Waals surface area (Å²) in [5.74, 6) is 0.397. The van der Waals surface area contributed by atoms with E-state index in [9.17, 15) is 4.57 Å². The lowest BCUT2D eigenvalue weighted by Crippen LogP contribution is -2.22. The summed E-state index contributed by atoms with van der Waals surface area (Å²) >= 11 is 18.3. The maximum Gasteiger partial charge on any atom is 0.438 e. The Bertz CT molecular complexity index is 821. The number of rotatable bonds is 2.